The molecule has 2 aromatic heterocycles. The van der Waals surface area contributed by atoms with Crippen LogP contribution in [-0.2, 0) is 11.8 Å². The van der Waals surface area contributed by atoms with Crippen LogP contribution < -0.4 is 10.1 Å². The summed E-state index contributed by atoms with van der Waals surface area (Å²) in [5.41, 5.74) is 4.03. The summed E-state index contributed by atoms with van der Waals surface area (Å²) in [5.74, 6) is 0.876. The first-order valence-corrected chi connectivity index (χ1v) is 10.2. The molecule has 156 valence electrons. The molecule has 0 saturated carbocycles. The monoisotopic (exact) mass is 397 g/mol. The Morgan fingerprint density at radius 2 is 2.00 bits per heavy atom. The van der Waals surface area contributed by atoms with E-state index < -0.39 is 0 Å². The van der Waals surface area contributed by atoms with Crippen molar-refractivity contribution in [3.8, 4) is 16.9 Å². The van der Waals surface area contributed by atoms with Crippen LogP contribution in [-0.4, -0.2) is 38.1 Å². The first-order valence-electron chi connectivity index (χ1n) is 10.2. The zero-order valence-electron chi connectivity index (χ0n) is 18.2. The molecule has 2 heterocycles. The molecule has 0 unspecified atom stereocenters. The number of amides is 1. The normalized spacial score (nSPS) is 12.5. The van der Waals surface area contributed by atoms with Crippen LogP contribution in [0.25, 0.3) is 22.0 Å². The number of benzene rings is 1. The Bertz CT molecular complexity index is 1000. The van der Waals surface area contributed by atoms with Gasteiger partial charge in [-0.2, -0.15) is 10.2 Å². The molecule has 0 saturated heterocycles. The third kappa shape index (κ3) is 4.60. The Morgan fingerprint density at radius 3 is 2.66 bits per heavy atom. The number of ether oxygens (including phenoxy) is 1. The van der Waals surface area contributed by atoms with Gasteiger partial charge in [0.05, 0.1) is 23.2 Å². The summed E-state index contributed by atoms with van der Waals surface area (Å²) in [6, 6.07) is 4.46. The van der Waals surface area contributed by atoms with Gasteiger partial charge in [0.2, 0.25) is 5.91 Å². The zero-order chi connectivity index (χ0) is 21.1. The fourth-order valence-corrected chi connectivity index (χ4v) is 3.29. The maximum absolute atomic E-state index is 11.5. The molecule has 1 aromatic carbocycles. The summed E-state index contributed by atoms with van der Waals surface area (Å²) in [4.78, 5) is 11.5. The summed E-state index contributed by atoms with van der Waals surface area (Å²) in [6.45, 7) is 10.7. The highest BCUT2D eigenvalue weighted by atomic mass is 16.5. The minimum Gasteiger partial charge on any atom is -0.490 e. The van der Waals surface area contributed by atoms with Crippen LogP contribution in [0.3, 0.4) is 0 Å². The summed E-state index contributed by atoms with van der Waals surface area (Å²) in [6.07, 6.45) is 5.13. The number of nitrogens with one attached hydrogen (secondary N) is 1. The van der Waals surface area contributed by atoms with Crippen molar-refractivity contribution in [3.63, 3.8) is 0 Å². The Morgan fingerprint density at radius 1 is 1.24 bits per heavy atom. The van der Waals surface area contributed by atoms with Crippen LogP contribution in [0.5, 0.6) is 5.75 Å². The van der Waals surface area contributed by atoms with Gasteiger partial charge in [0.15, 0.2) is 0 Å². The molecule has 7 heteroatoms. The van der Waals surface area contributed by atoms with E-state index in [2.05, 4.69) is 47.7 Å². The van der Waals surface area contributed by atoms with Gasteiger partial charge in [-0.05, 0) is 45.4 Å². The summed E-state index contributed by atoms with van der Waals surface area (Å²) >= 11 is 0. The van der Waals surface area contributed by atoms with Gasteiger partial charge in [-0.3, -0.25) is 14.2 Å². The number of nitrogens with zero attached hydrogens (tertiary/aromatic N) is 4. The number of fused-ring (bicyclic) bond motifs is 1. The molecule has 0 aliphatic heterocycles. The molecule has 1 amide bonds. The Kier molecular flexibility index (Phi) is 6.25. The second-order valence-electron chi connectivity index (χ2n) is 7.80. The lowest BCUT2D eigenvalue weighted by atomic mass is 10.1. The largest absolute Gasteiger partial charge is 0.490 e. The molecule has 1 N–H and O–H groups in total. The highest BCUT2D eigenvalue weighted by Crippen LogP contribution is 2.35. The third-order valence-electron chi connectivity index (χ3n) is 5.17. The molecular formula is C22H31N5O2. The maximum atomic E-state index is 11.5. The smallest absolute Gasteiger partial charge is 0.219 e. The molecule has 0 spiro atoms. The highest BCUT2D eigenvalue weighted by Gasteiger charge is 2.17. The van der Waals surface area contributed by atoms with E-state index in [-0.39, 0.29) is 12.0 Å². The van der Waals surface area contributed by atoms with Gasteiger partial charge < -0.3 is 10.1 Å². The average Bonchev–Trinajstić information content (AvgIpc) is 3.27. The van der Waals surface area contributed by atoms with Crippen LogP contribution in [0, 0.1) is 6.92 Å². The van der Waals surface area contributed by atoms with Crippen LogP contribution >= 0.6 is 0 Å². The van der Waals surface area contributed by atoms with E-state index in [0.717, 1.165) is 39.9 Å². The number of aromatic nitrogens is 4. The lowest BCUT2D eigenvalue weighted by molar-refractivity contribution is -0.120. The van der Waals surface area contributed by atoms with E-state index in [9.17, 15) is 4.79 Å². The molecule has 0 fully saturated rings. The number of carbonyl (C=O) groups excluding carboxylic acids is 1. The van der Waals surface area contributed by atoms with Crippen molar-refractivity contribution in [2.45, 2.75) is 59.6 Å². The third-order valence-corrected chi connectivity index (χ3v) is 5.17. The zero-order valence-corrected chi connectivity index (χ0v) is 18.2. The minimum atomic E-state index is -0.0383. The Balaban J connectivity index is 1.90. The van der Waals surface area contributed by atoms with Gasteiger partial charge in [0.1, 0.15) is 5.75 Å². The highest BCUT2D eigenvalue weighted by molar-refractivity contribution is 5.92. The SMILES string of the molecule is CCC(=O)NCC[C@@H](C)Oc1cc(-c2cnn(C(C)C)c2)cc2nn(C)c(C)c12. The molecule has 0 aliphatic carbocycles. The number of carbonyl (C=O) groups is 1. The fraction of sp³-hybridized carbons (Fsp3) is 0.500. The second-order valence-corrected chi connectivity index (χ2v) is 7.80. The standard InChI is InChI=1S/C22H31N5O2/c1-7-21(28)23-9-8-15(4)29-20-11-17(18-12-24-27(13-18)14(2)3)10-19-22(20)16(5)26(6)25-19/h10-15H,7-9H2,1-6H3,(H,23,28)/t15-/m1/s1. The van der Waals surface area contributed by atoms with E-state index in [0.29, 0.717) is 19.0 Å². The van der Waals surface area contributed by atoms with Crippen molar-refractivity contribution in [3.05, 3.63) is 30.2 Å². The Hall–Kier alpha value is -2.83. The first kappa shape index (κ1) is 20.9. The van der Waals surface area contributed by atoms with E-state index >= 15 is 0 Å². The van der Waals surface area contributed by atoms with Crippen molar-refractivity contribution in [2.24, 2.45) is 7.05 Å². The van der Waals surface area contributed by atoms with E-state index in [4.69, 9.17) is 4.74 Å². The molecular weight excluding hydrogens is 366 g/mol. The molecule has 29 heavy (non-hydrogen) atoms. The van der Waals surface area contributed by atoms with Gasteiger partial charge in [-0.25, -0.2) is 0 Å². The van der Waals surface area contributed by atoms with Crippen LogP contribution in [0.1, 0.15) is 52.3 Å². The maximum Gasteiger partial charge on any atom is 0.219 e. The van der Waals surface area contributed by atoms with Crippen LogP contribution in [0.15, 0.2) is 24.5 Å². The lowest BCUT2D eigenvalue weighted by Crippen LogP contribution is -2.27. The van der Waals surface area contributed by atoms with E-state index in [1.165, 1.54) is 0 Å². The molecule has 0 bridgehead atoms. The molecule has 3 rings (SSSR count). The predicted molar refractivity (Wildman–Crippen MR) is 115 cm³/mol. The van der Waals surface area contributed by atoms with E-state index in [1.54, 1.807) is 0 Å². The molecule has 0 radical (unpaired) electrons. The lowest BCUT2D eigenvalue weighted by Gasteiger charge is -2.17. The number of rotatable bonds is 8. The van der Waals surface area contributed by atoms with Gasteiger partial charge in [-0.15, -0.1) is 0 Å². The molecule has 1 atom stereocenters. The van der Waals surface area contributed by atoms with Crippen molar-refractivity contribution in [1.29, 1.82) is 0 Å². The number of aryl methyl sites for hydroxylation is 2. The summed E-state index contributed by atoms with van der Waals surface area (Å²) in [5, 5.41) is 13.0. The van der Waals surface area contributed by atoms with Crippen molar-refractivity contribution in [2.75, 3.05) is 6.54 Å². The number of hydrogen-bond donors (Lipinski definition) is 1. The summed E-state index contributed by atoms with van der Waals surface area (Å²) < 4.78 is 10.1. The van der Waals surface area contributed by atoms with Crippen molar-refractivity contribution >= 4 is 16.8 Å². The predicted octanol–water partition coefficient (Wildman–Crippen LogP) is 4.01. The van der Waals surface area contributed by atoms with Crippen molar-refractivity contribution in [1.82, 2.24) is 24.9 Å². The average molecular weight is 398 g/mol. The summed E-state index contributed by atoms with van der Waals surface area (Å²) in [7, 11) is 1.94. The topological polar surface area (TPSA) is 74.0 Å². The van der Waals surface area contributed by atoms with Gasteiger partial charge in [-0.1, -0.05) is 6.92 Å². The minimum absolute atomic E-state index is 0.0383. The van der Waals surface area contributed by atoms with Gasteiger partial charge in [0.25, 0.3) is 0 Å². The number of hydrogen-bond acceptors (Lipinski definition) is 4. The van der Waals surface area contributed by atoms with Crippen LogP contribution in [0.4, 0.5) is 0 Å². The van der Waals surface area contributed by atoms with E-state index in [1.807, 2.05) is 43.4 Å². The molecule has 7 nitrogen and oxygen atoms in total. The Labute approximate surface area is 172 Å². The molecule has 3 aromatic rings. The van der Waals surface area contributed by atoms with Gasteiger partial charge >= 0.3 is 0 Å². The second kappa shape index (κ2) is 8.68. The van der Waals surface area contributed by atoms with Crippen LogP contribution in [0.2, 0.25) is 0 Å². The fourth-order valence-electron chi connectivity index (χ4n) is 3.29. The van der Waals surface area contributed by atoms with Gasteiger partial charge in [0, 0.05) is 49.9 Å². The quantitative estimate of drug-likeness (QED) is 0.623. The first-order chi connectivity index (χ1) is 13.8. The van der Waals surface area contributed by atoms with Crippen molar-refractivity contribution < 1.29 is 9.53 Å². The molecule has 0 aliphatic rings.